The Balaban J connectivity index is 2.30. The van der Waals surface area contributed by atoms with E-state index in [-0.39, 0.29) is 22.6 Å². The van der Waals surface area contributed by atoms with Crippen molar-refractivity contribution in [3.05, 3.63) is 39.4 Å². The van der Waals surface area contributed by atoms with Crippen LogP contribution in [0, 0.1) is 10.1 Å². The van der Waals surface area contributed by atoms with E-state index in [1.165, 1.54) is 38.3 Å². The summed E-state index contributed by atoms with van der Waals surface area (Å²) < 4.78 is 15.4. The number of ether oxygens (including phenoxy) is 3. The molecule has 25 heavy (non-hydrogen) atoms. The molecule has 134 valence electrons. The van der Waals surface area contributed by atoms with Gasteiger partial charge in [-0.25, -0.2) is 9.59 Å². The summed E-state index contributed by atoms with van der Waals surface area (Å²) >= 11 is 0. The molecule has 0 aromatic heterocycles. The number of cyclic esters (lactones) is 2. The zero-order chi connectivity index (χ0) is 18.6. The van der Waals surface area contributed by atoms with Crippen LogP contribution in [0.4, 0.5) is 5.69 Å². The molecule has 0 bridgehead atoms. The molecule has 1 aliphatic heterocycles. The Morgan fingerprint density at radius 2 is 1.92 bits per heavy atom. The summed E-state index contributed by atoms with van der Waals surface area (Å²) in [6, 6.07) is 4.08. The summed E-state index contributed by atoms with van der Waals surface area (Å²) in [5.74, 6) is -2.83. The van der Waals surface area contributed by atoms with E-state index in [1.807, 2.05) is 6.92 Å². The lowest BCUT2D eigenvalue weighted by molar-refractivity contribution is -0.385. The number of benzene rings is 1. The number of hydrogen-bond acceptors (Lipinski definition) is 7. The monoisotopic (exact) mass is 349 g/mol. The van der Waals surface area contributed by atoms with Gasteiger partial charge in [0.1, 0.15) is 5.57 Å². The van der Waals surface area contributed by atoms with E-state index in [0.717, 1.165) is 12.8 Å². The third-order valence-corrected chi connectivity index (χ3v) is 3.75. The third-order valence-electron chi connectivity index (χ3n) is 3.75. The lowest BCUT2D eigenvalue weighted by Gasteiger charge is -2.33. The molecule has 8 heteroatoms. The Kier molecular flexibility index (Phi) is 5.41. The highest BCUT2D eigenvalue weighted by Gasteiger charge is 2.42. The van der Waals surface area contributed by atoms with Gasteiger partial charge in [-0.05, 0) is 24.1 Å². The average Bonchev–Trinajstić information content (AvgIpc) is 2.56. The van der Waals surface area contributed by atoms with Gasteiger partial charge in [0.15, 0.2) is 5.75 Å². The second-order valence-electron chi connectivity index (χ2n) is 5.76. The quantitative estimate of drug-likeness (QED) is 0.255. The molecule has 8 nitrogen and oxygen atoms in total. The molecule has 1 aliphatic rings. The average molecular weight is 349 g/mol. The molecule has 1 aromatic rings. The van der Waals surface area contributed by atoms with Crippen LogP contribution >= 0.6 is 0 Å². The first-order valence-corrected chi connectivity index (χ1v) is 7.80. The minimum absolute atomic E-state index is 0.0769. The zero-order valence-electron chi connectivity index (χ0n) is 14.2. The lowest BCUT2D eigenvalue weighted by atomic mass is 10.1. The molecule has 0 radical (unpaired) electrons. The number of nitro benzene ring substituents is 1. The minimum Gasteiger partial charge on any atom is -0.490 e. The van der Waals surface area contributed by atoms with E-state index in [9.17, 15) is 19.7 Å². The van der Waals surface area contributed by atoms with Crippen LogP contribution in [-0.4, -0.2) is 29.8 Å². The van der Waals surface area contributed by atoms with Gasteiger partial charge >= 0.3 is 17.6 Å². The van der Waals surface area contributed by atoms with Crippen LogP contribution in [0.1, 0.15) is 38.7 Å². The minimum atomic E-state index is -1.28. The van der Waals surface area contributed by atoms with Gasteiger partial charge < -0.3 is 14.2 Å². The van der Waals surface area contributed by atoms with E-state index in [4.69, 9.17) is 14.2 Å². The van der Waals surface area contributed by atoms with Crippen molar-refractivity contribution in [1.29, 1.82) is 0 Å². The van der Waals surface area contributed by atoms with Crippen molar-refractivity contribution in [2.45, 2.75) is 38.9 Å². The van der Waals surface area contributed by atoms with Gasteiger partial charge in [-0.2, -0.15) is 0 Å². The fourth-order valence-electron chi connectivity index (χ4n) is 2.43. The van der Waals surface area contributed by atoms with Crippen molar-refractivity contribution in [2.75, 3.05) is 7.11 Å². The van der Waals surface area contributed by atoms with Gasteiger partial charge in [0.25, 0.3) is 5.79 Å². The Labute approximate surface area is 144 Å². The number of esters is 2. The van der Waals surface area contributed by atoms with Crippen LogP contribution in [-0.2, 0) is 19.1 Å². The van der Waals surface area contributed by atoms with Crippen molar-refractivity contribution >= 4 is 23.7 Å². The Bertz CT molecular complexity index is 719. The second-order valence-corrected chi connectivity index (χ2v) is 5.76. The molecule has 1 fully saturated rings. The van der Waals surface area contributed by atoms with Crippen molar-refractivity contribution in [1.82, 2.24) is 0 Å². The highest BCUT2D eigenvalue weighted by Crippen LogP contribution is 2.31. The molecule has 0 unspecified atom stereocenters. The molecule has 2 rings (SSSR count). The first-order valence-electron chi connectivity index (χ1n) is 7.80. The normalized spacial score (nSPS) is 19.9. The van der Waals surface area contributed by atoms with Crippen LogP contribution in [0.15, 0.2) is 23.8 Å². The molecule has 1 heterocycles. The fourth-order valence-corrected chi connectivity index (χ4v) is 2.43. The molecule has 0 atom stereocenters. The van der Waals surface area contributed by atoms with Gasteiger partial charge in [-0.3, -0.25) is 10.1 Å². The number of nitro groups is 1. The van der Waals surface area contributed by atoms with Crippen LogP contribution in [0.3, 0.4) is 0 Å². The number of unbranched alkanes of at least 4 members (excludes halogenated alkanes) is 1. The summed E-state index contributed by atoms with van der Waals surface area (Å²) in [5, 5.41) is 11.1. The second kappa shape index (κ2) is 7.33. The highest BCUT2D eigenvalue weighted by molar-refractivity contribution is 6.18. The summed E-state index contributed by atoms with van der Waals surface area (Å²) in [7, 11) is 1.31. The summed E-state index contributed by atoms with van der Waals surface area (Å²) in [6.07, 6.45) is 3.21. The maximum Gasteiger partial charge on any atom is 0.348 e. The van der Waals surface area contributed by atoms with Crippen LogP contribution in [0.5, 0.6) is 5.75 Å². The van der Waals surface area contributed by atoms with Crippen LogP contribution in [0.2, 0.25) is 0 Å². The maximum atomic E-state index is 12.2. The summed E-state index contributed by atoms with van der Waals surface area (Å²) in [6.45, 7) is 3.51. The Morgan fingerprint density at radius 1 is 1.28 bits per heavy atom. The van der Waals surface area contributed by atoms with E-state index in [1.54, 1.807) is 0 Å². The van der Waals surface area contributed by atoms with Gasteiger partial charge in [-0.15, -0.1) is 0 Å². The number of carbonyl (C=O) groups excluding carboxylic acids is 2. The molecule has 1 saturated heterocycles. The topological polar surface area (TPSA) is 105 Å². The smallest absolute Gasteiger partial charge is 0.348 e. The van der Waals surface area contributed by atoms with Gasteiger partial charge in [0, 0.05) is 19.4 Å². The van der Waals surface area contributed by atoms with E-state index in [2.05, 4.69) is 0 Å². The largest absolute Gasteiger partial charge is 0.490 e. The Hall–Kier alpha value is -2.90. The highest BCUT2D eigenvalue weighted by atomic mass is 16.7. The molecular weight excluding hydrogens is 330 g/mol. The van der Waals surface area contributed by atoms with E-state index in [0.29, 0.717) is 6.42 Å². The molecule has 1 aromatic carbocycles. The van der Waals surface area contributed by atoms with E-state index >= 15 is 0 Å². The van der Waals surface area contributed by atoms with Crippen molar-refractivity contribution in [2.24, 2.45) is 0 Å². The first-order chi connectivity index (χ1) is 11.8. The third kappa shape index (κ3) is 4.14. The van der Waals surface area contributed by atoms with Gasteiger partial charge in [0.05, 0.1) is 12.0 Å². The summed E-state index contributed by atoms with van der Waals surface area (Å²) in [5.41, 5.74) is -0.302. The standard InChI is InChI=1S/C17H19NO7/c1-4-5-8-17(2)24-15(19)12(16(20)25-17)9-11-6-7-14(23-3)13(10-11)18(21)22/h6-7,9-10H,4-5,8H2,1-3H3. The van der Waals surface area contributed by atoms with Crippen molar-refractivity contribution in [3.63, 3.8) is 0 Å². The number of methoxy groups -OCH3 is 1. The molecular formula is C17H19NO7. The van der Waals surface area contributed by atoms with Gasteiger partial charge in [0.2, 0.25) is 0 Å². The molecule has 0 aliphatic carbocycles. The maximum absolute atomic E-state index is 12.2. The SMILES string of the molecule is CCCCC1(C)OC(=O)C(=Cc2ccc(OC)c([N+](=O)[O-])c2)C(=O)O1. The molecule has 0 saturated carbocycles. The number of hydrogen-bond donors (Lipinski definition) is 0. The fraction of sp³-hybridized carbons (Fsp3) is 0.412. The van der Waals surface area contributed by atoms with Crippen LogP contribution in [0.25, 0.3) is 6.08 Å². The van der Waals surface area contributed by atoms with E-state index < -0.39 is 22.6 Å². The zero-order valence-corrected chi connectivity index (χ0v) is 14.2. The predicted molar refractivity (Wildman–Crippen MR) is 87.7 cm³/mol. The molecule has 0 N–H and O–H groups in total. The Morgan fingerprint density at radius 3 is 2.44 bits per heavy atom. The predicted octanol–water partition coefficient (Wildman–Crippen LogP) is 2.99. The summed E-state index contributed by atoms with van der Waals surface area (Å²) in [4.78, 5) is 34.8. The lowest BCUT2D eigenvalue weighted by Crippen LogP contribution is -2.44. The van der Waals surface area contributed by atoms with Gasteiger partial charge in [-0.1, -0.05) is 19.4 Å². The first kappa shape index (κ1) is 18.4. The van der Waals surface area contributed by atoms with Crippen molar-refractivity contribution < 1.29 is 28.7 Å². The number of nitrogens with zero attached hydrogens (tertiary/aromatic N) is 1. The molecule has 0 spiro atoms. The molecule has 0 amide bonds. The van der Waals surface area contributed by atoms with Crippen LogP contribution < -0.4 is 4.74 Å². The number of carbonyl (C=O) groups is 2. The van der Waals surface area contributed by atoms with Crippen molar-refractivity contribution in [3.8, 4) is 5.75 Å². The number of rotatable bonds is 6.